The van der Waals surface area contributed by atoms with E-state index in [2.05, 4.69) is 20.3 Å². The van der Waals surface area contributed by atoms with Gasteiger partial charge in [0, 0.05) is 19.0 Å². The van der Waals surface area contributed by atoms with Crippen LogP contribution in [0.15, 0.2) is 16.8 Å². The Bertz CT molecular complexity index is 746. The molecule has 1 aromatic carbocycles. The average Bonchev–Trinajstić information content (AvgIpc) is 3.12. The second kappa shape index (κ2) is 11.1. The lowest BCUT2D eigenvalue weighted by Gasteiger charge is -2.06. The van der Waals surface area contributed by atoms with E-state index in [1.54, 1.807) is 6.07 Å². The van der Waals surface area contributed by atoms with Crippen LogP contribution in [0.3, 0.4) is 0 Å². The Balaban J connectivity index is 1.56. The van der Waals surface area contributed by atoms with Crippen LogP contribution in [-0.2, 0) is 4.79 Å². The number of carbonyl (C=O) groups excluding carboxylic acids is 1. The standard InChI is InChI=1S/C18H27N5O4/c19-16(24)10-8-6-4-2-1-3-5-7-9-13-20-14-11-12-15(23(25)26)18-17(14)21-27-22-18/h11-12,20H,1-10,13H2,(H2,19,24). The molecular weight excluding hydrogens is 350 g/mol. The molecular formula is C18H27N5O4. The number of benzene rings is 1. The first-order valence-electron chi connectivity index (χ1n) is 9.51. The second-order valence-electron chi connectivity index (χ2n) is 6.68. The quantitative estimate of drug-likeness (QED) is 0.289. The monoisotopic (exact) mass is 377 g/mol. The Labute approximate surface area is 157 Å². The molecule has 1 heterocycles. The van der Waals surface area contributed by atoms with E-state index in [0.29, 0.717) is 17.6 Å². The molecule has 0 atom stereocenters. The highest BCUT2D eigenvalue weighted by atomic mass is 16.6. The number of nitrogens with one attached hydrogen (secondary N) is 1. The van der Waals surface area contributed by atoms with Crippen LogP contribution in [0.25, 0.3) is 11.0 Å². The normalized spacial score (nSPS) is 11.0. The largest absolute Gasteiger partial charge is 0.383 e. The highest BCUT2D eigenvalue weighted by molar-refractivity contribution is 5.93. The van der Waals surface area contributed by atoms with E-state index >= 15 is 0 Å². The Kier molecular flexibility index (Phi) is 8.47. The highest BCUT2D eigenvalue weighted by Crippen LogP contribution is 2.28. The summed E-state index contributed by atoms with van der Waals surface area (Å²) in [4.78, 5) is 21.1. The van der Waals surface area contributed by atoms with Crippen LogP contribution in [-0.4, -0.2) is 27.7 Å². The smallest absolute Gasteiger partial charge is 0.300 e. The summed E-state index contributed by atoms with van der Waals surface area (Å²) < 4.78 is 4.65. The average molecular weight is 377 g/mol. The van der Waals surface area contributed by atoms with Gasteiger partial charge in [0.05, 0.1) is 10.6 Å². The minimum atomic E-state index is -0.492. The second-order valence-corrected chi connectivity index (χ2v) is 6.68. The molecule has 0 aliphatic heterocycles. The molecule has 0 saturated carbocycles. The molecule has 3 N–H and O–H groups in total. The first kappa shape index (κ1) is 20.6. The van der Waals surface area contributed by atoms with E-state index in [1.807, 2.05) is 0 Å². The molecule has 2 aromatic rings. The van der Waals surface area contributed by atoms with Gasteiger partial charge in [-0.1, -0.05) is 44.9 Å². The molecule has 0 bridgehead atoms. The van der Waals surface area contributed by atoms with Gasteiger partial charge in [0.15, 0.2) is 5.52 Å². The fourth-order valence-corrected chi connectivity index (χ4v) is 3.03. The number of rotatable bonds is 14. The van der Waals surface area contributed by atoms with Crippen molar-refractivity contribution >= 4 is 28.3 Å². The van der Waals surface area contributed by atoms with Gasteiger partial charge >= 0.3 is 5.69 Å². The molecule has 1 aromatic heterocycles. The summed E-state index contributed by atoms with van der Waals surface area (Å²) in [6.45, 7) is 0.771. The Hall–Kier alpha value is -2.71. The number of nitrogens with two attached hydrogens (primary N) is 1. The van der Waals surface area contributed by atoms with Crippen molar-refractivity contribution in [2.75, 3.05) is 11.9 Å². The van der Waals surface area contributed by atoms with Gasteiger partial charge in [-0.3, -0.25) is 14.9 Å². The van der Waals surface area contributed by atoms with E-state index in [-0.39, 0.29) is 17.1 Å². The van der Waals surface area contributed by atoms with Gasteiger partial charge in [-0.05, 0) is 29.2 Å². The van der Waals surface area contributed by atoms with Crippen LogP contribution in [0.2, 0.25) is 0 Å². The summed E-state index contributed by atoms with van der Waals surface area (Å²) in [6, 6.07) is 3.06. The number of fused-ring (bicyclic) bond motifs is 1. The summed E-state index contributed by atoms with van der Waals surface area (Å²) in [5.74, 6) is -0.210. The molecule has 0 saturated heterocycles. The van der Waals surface area contributed by atoms with Crippen molar-refractivity contribution < 1.29 is 14.3 Å². The van der Waals surface area contributed by atoms with Crippen molar-refractivity contribution in [2.45, 2.75) is 64.2 Å². The fourth-order valence-electron chi connectivity index (χ4n) is 3.03. The van der Waals surface area contributed by atoms with Crippen LogP contribution < -0.4 is 11.1 Å². The third-order valence-electron chi connectivity index (χ3n) is 4.51. The van der Waals surface area contributed by atoms with Crippen LogP contribution in [0, 0.1) is 10.1 Å². The molecule has 0 spiro atoms. The number of nitro benzene ring substituents is 1. The van der Waals surface area contributed by atoms with Gasteiger partial charge in [-0.15, -0.1) is 0 Å². The number of non-ortho nitro benzene ring substituents is 1. The van der Waals surface area contributed by atoms with E-state index in [4.69, 9.17) is 5.73 Å². The molecule has 9 nitrogen and oxygen atoms in total. The maximum atomic E-state index is 11.0. The molecule has 2 rings (SSSR count). The first-order chi connectivity index (χ1) is 13.1. The number of hydrogen-bond acceptors (Lipinski definition) is 7. The number of carbonyl (C=O) groups is 1. The zero-order chi connectivity index (χ0) is 19.5. The number of anilines is 1. The first-order valence-corrected chi connectivity index (χ1v) is 9.51. The topological polar surface area (TPSA) is 137 Å². The minimum Gasteiger partial charge on any atom is -0.383 e. The van der Waals surface area contributed by atoms with Gasteiger partial charge in [0.1, 0.15) is 0 Å². The Morgan fingerprint density at radius 2 is 1.59 bits per heavy atom. The van der Waals surface area contributed by atoms with Crippen molar-refractivity contribution in [2.24, 2.45) is 5.73 Å². The molecule has 27 heavy (non-hydrogen) atoms. The number of unbranched alkanes of at least 4 members (excludes halogenated alkanes) is 8. The zero-order valence-corrected chi connectivity index (χ0v) is 15.5. The summed E-state index contributed by atoms with van der Waals surface area (Å²) >= 11 is 0. The summed E-state index contributed by atoms with van der Waals surface area (Å²) in [6.07, 6.45) is 10.6. The van der Waals surface area contributed by atoms with E-state index in [1.165, 1.54) is 31.7 Å². The maximum absolute atomic E-state index is 11.0. The Morgan fingerprint density at radius 3 is 2.22 bits per heavy atom. The fraction of sp³-hybridized carbons (Fsp3) is 0.611. The predicted molar refractivity (Wildman–Crippen MR) is 102 cm³/mol. The number of nitro groups is 1. The van der Waals surface area contributed by atoms with Gasteiger partial charge in [0.25, 0.3) is 0 Å². The highest BCUT2D eigenvalue weighted by Gasteiger charge is 2.19. The maximum Gasteiger partial charge on any atom is 0.300 e. The molecule has 148 valence electrons. The van der Waals surface area contributed by atoms with E-state index < -0.39 is 4.92 Å². The number of amides is 1. The molecule has 0 fully saturated rings. The minimum absolute atomic E-state index is 0.105. The molecule has 0 aliphatic carbocycles. The van der Waals surface area contributed by atoms with Crippen molar-refractivity contribution in [3.63, 3.8) is 0 Å². The zero-order valence-electron chi connectivity index (χ0n) is 15.5. The number of hydrogen-bond donors (Lipinski definition) is 2. The SMILES string of the molecule is NC(=O)CCCCCCCCCCCNc1ccc([N+](=O)[O-])c2nonc12. The lowest BCUT2D eigenvalue weighted by atomic mass is 10.1. The van der Waals surface area contributed by atoms with Crippen LogP contribution in [0.4, 0.5) is 11.4 Å². The van der Waals surface area contributed by atoms with E-state index in [0.717, 1.165) is 38.6 Å². The van der Waals surface area contributed by atoms with Crippen LogP contribution in [0.5, 0.6) is 0 Å². The number of primary amides is 1. The van der Waals surface area contributed by atoms with E-state index in [9.17, 15) is 14.9 Å². The lowest BCUT2D eigenvalue weighted by molar-refractivity contribution is -0.383. The number of nitrogens with zero attached hydrogens (tertiary/aromatic N) is 3. The predicted octanol–water partition coefficient (Wildman–Crippen LogP) is 3.93. The van der Waals surface area contributed by atoms with Crippen molar-refractivity contribution in [3.05, 3.63) is 22.2 Å². The van der Waals surface area contributed by atoms with Gasteiger partial charge < -0.3 is 11.1 Å². The van der Waals surface area contributed by atoms with Crippen LogP contribution >= 0.6 is 0 Å². The Morgan fingerprint density at radius 1 is 1.00 bits per heavy atom. The van der Waals surface area contributed by atoms with Gasteiger partial charge in [-0.2, -0.15) is 0 Å². The summed E-state index contributed by atoms with van der Waals surface area (Å²) in [7, 11) is 0. The number of aromatic nitrogens is 2. The van der Waals surface area contributed by atoms with Crippen molar-refractivity contribution in [1.29, 1.82) is 0 Å². The summed E-state index contributed by atoms with van der Waals surface area (Å²) in [5, 5.41) is 21.6. The van der Waals surface area contributed by atoms with Gasteiger partial charge in [-0.25, -0.2) is 4.63 Å². The van der Waals surface area contributed by atoms with Crippen molar-refractivity contribution in [1.82, 2.24) is 10.3 Å². The van der Waals surface area contributed by atoms with Gasteiger partial charge in [0.2, 0.25) is 11.4 Å². The molecule has 0 aliphatic rings. The molecule has 1 amide bonds. The third kappa shape index (κ3) is 6.84. The van der Waals surface area contributed by atoms with Crippen molar-refractivity contribution in [3.8, 4) is 0 Å². The molecule has 0 unspecified atom stereocenters. The third-order valence-corrected chi connectivity index (χ3v) is 4.51. The van der Waals surface area contributed by atoms with Crippen LogP contribution in [0.1, 0.15) is 64.2 Å². The lowest BCUT2D eigenvalue weighted by Crippen LogP contribution is -2.09. The molecule has 9 heteroatoms. The molecule has 0 radical (unpaired) electrons. The summed E-state index contributed by atoms with van der Waals surface area (Å²) in [5.41, 5.74) is 6.26.